The topological polar surface area (TPSA) is 50.2 Å². The number of fused-ring (bicyclic) bond motifs is 1. The van der Waals surface area contributed by atoms with Crippen molar-refractivity contribution in [3.8, 4) is 11.3 Å². The molecular formula is C19H17NO2. The summed E-state index contributed by atoms with van der Waals surface area (Å²) in [6.45, 7) is 5.95. The summed E-state index contributed by atoms with van der Waals surface area (Å²) in [5.74, 6) is -0.925. The van der Waals surface area contributed by atoms with E-state index in [1.165, 1.54) is 0 Å². The van der Waals surface area contributed by atoms with E-state index in [0.29, 0.717) is 16.6 Å². The Morgan fingerprint density at radius 2 is 1.64 bits per heavy atom. The number of nitrogens with zero attached hydrogens (tertiary/aromatic N) is 1. The van der Waals surface area contributed by atoms with Crippen LogP contribution < -0.4 is 0 Å². The summed E-state index contributed by atoms with van der Waals surface area (Å²) < 4.78 is 0. The quantitative estimate of drug-likeness (QED) is 0.755. The number of carboxylic acids is 1. The zero-order valence-electron chi connectivity index (χ0n) is 12.8. The van der Waals surface area contributed by atoms with Crippen LogP contribution in [0.3, 0.4) is 0 Å². The lowest BCUT2D eigenvalue weighted by Gasteiger charge is -2.10. The van der Waals surface area contributed by atoms with Crippen LogP contribution in [0, 0.1) is 20.8 Å². The molecule has 3 aromatic rings. The molecule has 3 rings (SSSR count). The van der Waals surface area contributed by atoms with Gasteiger partial charge in [0.2, 0.25) is 0 Å². The van der Waals surface area contributed by atoms with E-state index in [4.69, 9.17) is 4.98 Å². The highest BCUT2D eigenvalue weighted by molar-refractivity contribution is 6.04. The van der Waals surface area contributed by atoms with Gasteiger partial charge in [0.25, 0.3) is 0 Å². The van der Waals surface area contributed by atoms with Crippen molar-refractivity contribution in [2.75, 3.05) is 0 Å². The van der Waals surface area contributed by atoms with E-state index in [0.717, 1.165) is 27.8 Å². The molecule has 0 unspecified atom stereocenters. The molecule has 0 amide bonds. The first-order chi connectivity index (χ1) is 10.5. The Kier molecular flexibility index (Phi) is 3.41. The lowest BCUT2D eigenvalue weighted by atomic mass is 9.99. The van der Waals surface area contributed by atoms with E-state index in [9.17, 15) is 9.90 Å². The van der Waals surface area contributed by atoms with Gasteiger partial charge in [-0.1, -0.05) is 41.5 Å². The molecule has 22 heavy (non-hydrogen) atoms. The minimum Gasteiger partial charge on any atom is -0.478 e. The molecule has 0 aliphatic rings. The van der Waals surface area contributed by atoms with Gasteiger partial charge in [-0.25, -0.2) is 9.78 Å². The monoisotopic (exact) mass is 291 g/mol. The van der Waals surface area contributed by atoms with E-state index < -0.39 is 5.97 Å². The normalized spacial score (nSPS) is 10.9. The molecule has 110 valence electrons. The highest BCUT2D eigenvalue weighted by Gasteiger charge is 2.14. The van der Waals surface area contributed by atoms with Gasteiger partial charge in [-0.05, 0) is 38.5 Å². The van der Waals surface area contributed by atoms with Gasteiger partial charge in [-0.2, -0.15) is 0 Å². The van der Waals surface area contributed by atoms with E-state index in [1.54, 1.807) is 6.07 Å². The van der Waals surface area contributed by atoms with Crippen molar-refractivity contribution in [1.29, 1.82) is 0 Å². The van der Waals surface area contributed by atoms with Gasteiger partial charge in [0, 0.05) is 10.9 Å². The van der Waals surface area contributed by atoms with Gasteiger partial charge in [0.1, 0.15) is 0 Å². The summed E-state index contributed by atoms with van der Waals surface area (Å²) in [6.07, 6.45) is 0. The second-order valence-corrected chi connectivity index (χ2v) is 5.70. The number of rotatable bonds is 2. The van der Waals surface area contributed by atoms with Crippen LogP contribution in [0.15, 0.2) is 42.5 Å². The molecule has 3 heteroatoms. The predicted molar refractivity (Wildman–Crippen MR) is 88.3 cm³/mol. The van der Waals surface area contributed by atoms with Crippen LogP contribution in [0.25, 0.3) is 22.2 Å². The molecule has 0 saturated carbocycles. The Hall–Kier alpha value is -2.68. The van der Waals surface area contributed by atoms with Gasteiger partial charge in [0.05, 0.1) is 16.8 Å². The van der Waals surface area contributed by atoms with Crippen LogP contribution in [-0.2, 0) is 0 Å². The zero-order valence-corrected chi connectivity index (χ0v) is 12.8. The largest absolute Gasteiger partial charge is 0.478 e. The third kappa shape index (κ3) is 2.46. The SMILES string of the molecule is Cc1ccc(-c2cc(C(=O)O)c3cc(C)cc(C)c3n2)cc1. The zero-order chi connectivity index (χ0) is 15.9. The molecule has 0 aliphatic carbocycles. The first-order valence-corrected chi connectivity index (χ1v) is 7.18. The molecule has 0 aliphatic heterocycles. The molecule has 0 atom stereocenters. The maximum absolute atomic E-state index is 11.6. The fraction of sp³-hybridized carbons (Fsp3) is 0.158. The summed E-state index contributed by atoms with van der Waals surface area (Å²) in [5.41, 5.74) is 5.86. The molecule has 1 aromatic heterocycles. The number of aryl methyl sites for hydroxylation is 3. The maximum atomic E-state index is 11.6. The van der Waals surface area contributed by atoms with Crippen LogP contribution in [0.1, 0.15) is 27.0 Å². The molecule has 0 saturated heterocycles. The molecule has 1 N–H and O–H groups in total. The van der Waals surface area contributed by atoms with E-state index in [-0.39, 0.29) is 0 Å². The van der Waals surface area contributed by atoms with Crippen molar-refractivity contribution in [1.82, 2.24) is 4.98 Å². The van der Waals surface area contributed by atoms with Crippen molar-refractivity contribution in [2.24, 2.45) is 0 Å². The number of hydrogen-bond acceptors (Lipinski definition) is 2. The Bertz CT molecular complexity index is 880. The molecular weight excluding hydrogens is 274 g/mol. The number of carboxylic acid groups (broad SMARTS) is 1. The molecule has 0 radical (unpaired) electrons. The van der Waals surface area contributed by atoms with E-state index >= 15 is 0 Å². The van der Waals surface area contributed by atoms with E-state index in [1.807, 2.05) is 57.2 Å². The number of carbonyl (C=O) groups is 1. The van der Waals surface area contributed by atoms with Crippen LogP contribution in [0.5, 0.6) is 0 Å². The summed E-state index contributed by atoms with van der Waals surface area (Å²) in [7, 11) is 0. The standard InChI is InChI=1S/C19H17NO2/c1-11-4-6-14(7-5-11)17-10-16(19(21)22)15-9-12(2)8-13(3)18(15)20-17/h4-10H,1-3H3,(H,21,22). The smallest absolute Gasteiger partial charge is 0.336 e. The summed E-state index contributed by atoms with van der Waals surface area (Å²) >= 11 is 0. The predicted octanol–water partition coefficient (Wildman–Crippen LogP) is 4.53. The number of hydrogen-bond donors (Lipinski definition) is 1. The van der Waals surface area contributed by atoms with Crippen LogP contribution in [0.2, 0.25) is 0 Å². The fourth-order valence-corrected chi connectivity index (χ4v) is 2.73. The molecule has 1 heterocycles. The third-order valence-electron chi connectivity index (χ3n) is 3.83. The Morgan fingerprint density at radius 1 is 0.955 bits per heavy atom. The van der Waals surface area contributed by atoms with Crippen LogP contribution >= 0.6 is 0 Å². The summed E-state index contributed by atoms with van der Waals surface area (Å²) in [4.78, 5) is 16.3. The molecule has 2 aromatic carbocycles. The summed E-state index contributed by atoms with van der Waals surface area (Å²) in [6, 6.07) is 13.5. The highest BCUT2D eigenvalue weighted by Crippen LogP contribution is 2.28. The van der Waals surface area contributed by atoms with Gasteiger partial charge in [-0.3, -0.25) is 0 Å². The maximum Gasteiger partial charge on any atom is 0.336 e. The van der Waals surface area contributed by atoms with Gasteiger partial charge in [-0.15, -0.1) is 0 Å². The Labute approximate surface area is 129 Å². The van der Waals surface area contributed by atoms with Crippen molar-refractivity contribution in [3.05, 3.63) is 64.7 Å². The number of benzene rings is 2. The number of aromatic carboxylic acids is 1. The number of pyridine rings is 1. The van der Waals surface area contributed by atoms with Crippen LogP contribution in [0.4, 0.5) is 0 Å². The average molecular weight is 291 g/mol. The van der Waals surface area contributed by atoms with Crippen molar-refractivity contribution in [2.45, 2.75) is 20.8 Å². The molecule has 0 fully saturated rings. The second-order valence-electron chi connectivity index (χ2n) is 5.70. The van der Waals surface area contributed by atoms with Gasteiger partial charge >= 0.3 is 5.97 Å². The van der Waals surface area contributed by atoms with Crippen LogP contribution in [-0.4, -0.2) is 16.1 Å². The molecule has 3 nitrogen and oxygen atoms in total. The minimum absolute atomic E-state index is 0.298. The molecule has 0 bridgehead atoms. The summed E-state index contributed by atoms with van der Waals surface area (Å²) in [5, 5.41) is 10.2. The first kappa shape index (κ1) is 14.3. The lowest BCUT2D eigenvalue weighted by Crippen LogP contribution is -2.01. The fourth-order valence-electron chi connectivity index (χ4n) is 2.73. The minimum atomic E-state index is -0.925. The third-order valence-corrected chi connectivity index (χ3v) is 3.83. The van der Waals surface area contributed by atoms with Crippen molar-refractivity contribution < 1.29 is 9.90 Å². The Balaban J connectivity index is 2.34. The first-order valence-electron chi connectivity index (χ1n) is 7.18. The van der Waals surface area contributed by atoms with Crippen molar-refractivity contribution in [3.63, 3.8) is 0 Å². The molecule has 0 spiro atoms. The number of aromatic nitrogens is 1. The second kappa shape index (κ2) is 5.26. The van der Waals surface area contributed by atoms with Gasteiger partial charge in [0.15, 0.2) is 0 Å². The highest BCUT2D eigenvalue weighted by atomic mass is 16.4. The lowest BCUT2D eigenvalue weighted by molar-refractivity contribution is 0.0699. The Morgan fingerprint density at radius 3 is 2.27 bits per heavy atom. The van der Waals surface area contributed by atoms with Crippen molar-refractivity contribution >= 4 is 16.9 Å². The van der Waals surface area contributed by atoms with Gasteiger partial charge < -0.3 is 5.11 Å². The van der Waals surface area contributed by atoms with E-state index in [2.05, 4.69) is 0 Å². The average Bonchev–Trinajstić information content (AvgIpc) is 2.47.